The molecule has 2 unspecified atom stereocenters. The van der Waals surface area contributed by atoms with Crippen molar-refractivity contribution in [3.05, 3.63) is 268 Å². The van der Waals surface area contributed by atoms with Gasteiger partial charge in [0.05, 0.1) is 89.0 Å². The predicted molar refractivity (Wildman–Crippen MR) is 492 cm³/mol. The summed E-state index contributed by atoms with van der Waals surface area (Å²) in [6, 6.07) is 54.4. The number of likely N-dealkylation sites (tertiary alicyclic amines) is 1. The zero-order valence-corrected chi connectivity index (χ0v) is 70.1. The number of benzene rings is 7. The lowest BCUT2D eigenvalue weighted by Crippen LogP contribution is -2.34. The number of carbonyl (C=O) groups excluding carboxylic acids is 7. The van der Waals surface area contributed by atoms with E-state index in [9.17, 15) is 33.6 Å². The van der Waals surface area contributed by atoms with Gasteiger partial charge in [0.2, 0.25) is 0 Å². The van der Waals surface area contributed by atoms with Gasteiger partial charge in [0.15, 0.2) is 0 Å². The molecule has 2 saturated heterocycles. The summed E-state index contributed by atoms with van der Waals surface area (Å²) in [5, 5.41) is 20.7. The number of carbonyl (C=O) groups is 7. The molecule has 11 aromatic rings. The van der Waals surface area contributed by atoms with E-state index in [0.717, 1.165) is 96.1 Å². The van der Waals surface area contributed by atoms with E-state index in [-0.39, 0.29) is 12.6 Å². The Labute approximate surface area is 713 Å². The van der Waals surface area contributed by atoms with Crippen LogP contribution in [0.5, 0.6) is 0 Å². The number of furan rings is 1. The second kappa shape index (κ2) is 46.4. The number of amides is 7. The van der Waals surface area contributed by atoms with Gasteiger partial charge in [0.1, 0.15) is 5.76 Å². The number of piperidine rings is 1. The minimum atomic E-state index is -0.544. The smallest absolute Gasteiger partial charge is 0.250 e. The molecule has 32 N–H and O–H groups in total. The van der Waals surface area contributed by atoms with E-state index in [1.165, 1.54) is 17.7 Å². The summed E-state index contributed by atoms with van der Waals surface area (Å²) in [5.41, 5.74) is 89.6. The average Bonchev–Trinajstić information content (AvgIpc) is 0.828. The van der Waals surface area contributed by atoms with Crippen LogP contribution in [0, 0.1) is 5.92 Å². The standard InChI is InChI=1S/C14H16N4O.C13H15N3OS.C13H19N3O.C12H18N4O.C12H12N4O.C12H13N3O2.C12H19N3O2/c1-18(9-10-4-2-3-7-17-10)11-5-6-13(15)12(8-11)14(16)19;1-16(8-10-3-2-6-18-10)9-4-5-12(14)11(7-9)13(15)17;1-9-3-2-6-16(8-9)10-4-5-12(14)11(7-10)13(15)17;1-16-5-4-9(7-16)15-8-2-3-11(13)10(6-8)12(14)17;13-11-4-3-8(6-10(11)12(14)17)16-9-2-1-5-15-7-9;13-11-4-3-8(6-10(11)12(14)16)15-7-9-2-1-5-17-9;1-8(2)15(5-6-16)9-3-4-11(13)10(7-9)12(14)17/h2-8H,9,15H2,1H3,(H2,16,19);2-7H,8,14H2,1H3,(H2,15,17);4-5,7,9H,2-3,6,8,14H2,1H3,(H2,15,17);2-3,6,9,15H,4-5,7,13H2,1H3,(H2,14,17);1-7,16H,13H2,(H2,14,17);1-6,15H,7,13H2,(H2,14,16);3-4,7-8,16H,5-6,13H2,1-2H3,(H2,14,17). The van der Waals surface area contributed by atoms with Crippen molar-refractivity contribution in [3.8, 4) is 0 Å². The number of hydrogen-bond donors (Lipinski definition) is 18. The molecule has 2 aliphatic rings. The number of likely N-dealkylation sites (N-methyl/N-ethyl adjacent to an activating group) is 1. The van der Waals surface area contributed by atoms with Gasteiger partial charge in [0, 0.05) is 149 Å². The van der Waals surface area contributed by atoms with Crippen LogP contribution in [0.4, 0.5) is 85.3 Å². The molecule has 6 heterocycles. The van der Waals surface area contributed by atoms with Crippen molar-refractivity contribution in [2.75, 3.05) is 136 Å². The van der Waals surface area contributed by atoms with Gasteiger partial charge >= 0.3 is 0 Å². The lowest BCUT2D eigenvalue weighted by molar-refractivity contribution is 0.0992. The third-order valence-corrected chi connectivity index (χ3v) is 20.1. The van der Waals surface area contributed by atoms with Crippen LogP contribution in [0.15, 0.2) is 217 Å². The summed E-state index contributed by atoms with van der Waals surface area (Å²) in [6.45, 7) is 13.0. The number of aromatic nitrogens is 2. The first kappa shape index (κ1) is 94.4. The maximum absolute atomic E-state index is 11.3. The predicted octanol–water partition coefficient (Wildman–Crippen LogP) is 9.21. The van der Waals surface area contributed by atoms with Gasteiger partial charge in [-0.1, -0.05) is 19.1 Å². The number of nitrogens with one attached hydrogen (secondary N) is 3. The first-order chi connectivity index (χ1) is 58.1. The topological polar surface area (TPSA) is 595 Å². The van der Waals surface area contributed by atoms with Crippen molar-refractivity contribution in [1.82, 2.24) is 14.9 Å². The highest BCUT2D eigenvalue weighted by Gasteiger charge is 2.22. The minimum absolute atomic E-state index is 0.0501. The van der Waals surface area contributed by atoms with E-state index in [2.05, 4.69) is 60.7 Å². The first-order valence-corrected chi connectivity index (χ1v) is 39.7. The monoisotopic (exact) mass is 1680 g/mol. The largest absolute Gasteiger partial charge is 0.467 e. The maximum atomic E-state index is 11.3. The fourth-order valence-electron chi connectivity index (χ4n) is 12.7. The van der Waals surface area contributed by atoms with E-state index in [1.807, 2.05) is 122 Å². The molecule has 0 bridgehead atoms. The van der Waals surface area contributed by atoms with Crippen LogP contribution in [0.1, 0.15) is 129 Å². The normalized spacial score (nSPS) is 13.0. The van der Waals surface area contributed by atoms with Crippen LogP contribution in [-0.4, -0.2) is 134 Å². The van der Waals surface area contributed by atoms with Gasteiger partial charge in [-0.25, -0.2) is 0 Å². The van der Waals surface area contributed by atoms with Gasteiger partial charge in [-0.3, -0.25) is 43.5 Å². The molecule has 34 heteroatoms. The fourth-order valence-corrected chi connectivity index (χ4v) is 13.5. The Kier molecular flexibility index (Phi) is 35.9. The van der Waals surface area contributed by atoms with Crippen LogP contribution in [0.3, 0.4) is 0 Å². The van der Waals surface area contributed by atoms with Crippen molar-refractivity contribution in [3.63, 3.8) is 0 Å². The van der Waals surface area contributed by atoms with E-state index in [0.29, 0.717) is 110 Å². The molecule has 2 aliphatic heterocycles. The number of primary amides is 7. The third-order valence-electron chi connectivity index (χ3n) is 19.2. The van der Waals surface area contributed by atoms with Gasteiger partial charge in [-0.05, 0) is 228 Å². The summed E-state index contributed by atoms with van der Waals surface area (Å²) in [5.74, 6) is -2.10. The second-order valence-electron chi connectivity index (χ2n) is 29.1. The summed E-state index contributed by atoms with van der Waals surface area (Å²) < 4.78 is 5.18. The molecule has 4 aromatic heterocycles. The molecule has 0 spiro atoms. The number of pyridine rings is 2. The van der Waals surface area contributed by atoms with Gasteiger partial charge < -0.3 is 130 Å². The molecular formula is C88H112N24O9S. The Hall–Kier alpha value is -14.8. The molecule has 0 saturated carbocycles. The molecule has 7 amide bonds. The zero-order chi connectivity index (χ0) is 89.3. The molecule has 0 aliphatic carbocycles. The van der Waals surface area contributed by atoms with E-state index in [1.54, 1.807) is 133 Å². The van der Waals surface area contributed by atoms with E-state index < -0.39 is 41.4 Å². The van der Waals surface area contributed by atoms with Gasteiger partial charge in [-0.2, -0.15) is 0 Å². The summed E-state index contributed by atoms with van der Waals surface area (Å²) in [7, 11) is 5.99. The highest BCUT2D eigenvalue weighted by atomic mass is 32.1. The summed E-state index contributed by atoms with van der Waals surface area (Å²) in [6.07, 6.45) is 10.3. The number of nitrogen functional groups attached to an aromatic ring is 7. The number of aliphatic hydroxyl groups excluding tert-OH is 1. The SMILES string of the molecule is CC(C)N(CCO)c1ccc(N)c(C(N)=O)c1.CC1CCCN(c2ccc(N)c(C(N)=O)c2)C1.CN(Cc1ccccn1)c1ccc(N)c(C(N)=O)c1.CN(Cc1cccs1)c1ccc(N)c(C(N)=O)c1.CN1CCC(Nc2ccc(N)c(C(N)=O)c2)C1.NC(=O)c1cc(NCc2ccco2)ccc1N.NC(=O)c1cc(Nc2cccnc2)ccc1N. The molecule has 13 rings (SSSR count). The summed E-state index contributed by atoms with van der Waals surface area (Å²) in [4.78, 5) is 98.4. The molecule has 33 nitrogen and oxygen atoms in total. The van der Waals surface area contributed by atoms with Crippen LogP contribution in [0.25, 0.3) is 0 Å². The van der Waals surface area contributed by atoms with Crippen LogP contribution in [-0.2, 0) is 19.6 Å². The third kappa shape index (κ3) is 29.4. The number of nitrogens with zero attached hydrogens (tertiary/aromatic N) is 7. The Morgan fingerprint density at radius 3 is 1.48 bits per heavy atom. The Balaban J connectivity index is 0.000000196. The molecule has 7 aromatic carbocycles. The summed E-state index contributed by atoms with van der Waals surface area (Å²) >= 11 is 1.70. The average molecular weight is 1680 g/mol. The molecular weight excluding hydrogens is 1570 g/mol. The fraction of sp³-hybridized carbons (Fsp3) is 0.239. The number of rotatable bonds is 25. The molecule has 2 atom stereocenters. The maximum Gasteiger partial charge on any atom is 0.250 e. The molecule has 122 heavy (non-hydrogen) atoms. The highest BCUT2D eigenvalue weighted by Crippen LogP contribution is 2.30. The van der Waals surface area contributed by atoms with Crippen LogP contribution >= 0.6 is 11.3 Å². The quantitative estimate of drug-likeness (QED) is 0.0237. The Bertz CT molecular complexity index is 5280. The number of aliphatic hydroxyl groups is 1. The number of nitrogens with two attached hydrogens (primary N) is 14. The Morgan fingerprint density at radius 1 is 0.516 bits per heavy atom. The van der Waals surface area contributed by atoms with Gasteiger partial charge in [0.25, 0.3) is 41.4 Å². The van der Waals surface area contributed by atoms with Crippen molar-refractivity contribution < 1.29 is 43.1 Å². The van der Waals surface area contributed by atoms with Crippen molar-refractivity contribution >= 4 is 138 Å². The lowest BCUT2D eigenvalue weighted by Gasteiger charge is -2.33. The first-order valence-electron chi connectivity index (χ1n) is 38.8. The Morgan fingerprint density at radius 2 is 1.01 bits per heavy atom. The van der Waals surface area contributed by atoms with Crippen molar-refractivity contribution in [2.24, 2.45) is 46.1 Å². The van der Waals surface area contributed by atoms with Gasteiger partial charge in [-0.15, -0.1) is 11.3 Å². The van der Waals surface area contributed by atoms with Crippen LogP contribution < -0.4 is 116 Å². The van der Waals surface area contributed by atoms with Crippen LogP contribution in [0.2, 0.25) is 0 Å². The molecule has 0 radical (unpaired) electrons. The van der Waals surface area contributed by atoms with Crippen molar-refractivity contribution in [1.29, 1.82) is 0 Å². The number of thiophene rings is 1. The number of anilines is 15. The lowest BCUT2D eigenvalue weighted by atomic mass is 9.99. The van der Waals surface area contributed by atoms with E-state index in [4.69, 9.17) is 89.8 Å². The molecule has 644 valence electrons. The van der Waals surface area contributed by atoms with E-state index >= 15 is 0 Å². The molecule has 2 fully saturated rings. The minimum Gasteiger partial charge on any atom is -0.467 e. The van der Waals surface area contributed by atoms with Crippen molar-refractivity contribution in [2.45, 2.75) is 71.8 Å². The highest BCUT2D eigenvalue weighted by molar-refractivity contribution is 7.09. The zero-order valence-electron chi connectivity index (χ0n) is 69.3. The number of hydrogen-bond acceptors (Lipinski definition) is 27. The second-order valence-corrected chi connectivity index (χ2v) is 30.1.